The van der Waals surface area contributed by atoms with E-state index in [0.717, 1.165) is 45.4 Å². The first kappa shape index (κ1) is 29.7. The molecule has 36 heavy (non-hydrogen) atoms. The van der Waals surface area contributed by atoms with Crippen LogP contribution < -0.4 is 10.6 Å². The lowest BCUT2D eigenvalue weighted by Gasteiger charge is -2.26. The Labute approximate surface area is 221 Å². The number of nitrogens with one attached hydrogen (secondary N) is 2. The smallest absolute Gasteiger partial charge is 0.0427 e. The molecule has 3 aliphatic rings. The van der Waals surface area contributed by atoms with Gasteiger partial charge in [-0.1, -0.05) is 87.2 Å². The fourth-order valence-electron chi connectivity index (χ4n) is 4.66. The molecule has 3 nitrogen and oxygen atoms in total. The Kier molecular flexibility index (Phi) is 15.5. The summed E-state index contributed by atoms with van der Waals surface area (Å²) in [4.78, 5) is 4.50. The van der Waals surface area contributed by atoms with Gasteiger partial charge in [0.25, 0.3) is 0 Å². The number of hydrogen-bond donors (Lipinski definition) is 2. The van der Waals surface area contributed by atoms with Crippen LogP contribution in [0.1, 0.15) is 76.8 Å². The van der Waals surface area contributed by atoms with Gasteiger partial charge in [0.2, 0.25) is 0 Å². The van der Waals surface area contributed by atoms with Crippen molar-refractivity contribution in [1.29, 1.82) is 0 Å². The average Bonchev–Trinajstić information content (AvgIpc) is 2.93. The summed E-state index contributed by atoms with van der Waals surface area (Å²) in [6.45, 7) is 14.0. The fraction of sp³-hybridized carbons (Fsp3) is 0.485. The third-order valence-electron chi connectivity index (χ3n) is 6.64. The minimum Gasteiger partial charge on any atom is -0.312 e. The topological polar surface area (TPSA) is 36.4 Å². The lowest BCUT2D eigenvalue weighted by Crippen LogP contribution is -2.42. The van der Waals surface area contributed by atoms with Crippen molar-refractivity contribution in [2.24, 2.45) is 4.99 Å². The Morgan fingerprint density at radius 1 is 1.14 bits per heavy atom. The van der Waals surface area contributed by atoms with Crippen LogP contribution in [0.2, 0.25) is 0 Å². The molecule has 0 bridgehead atoms. The molecule has 4 rings (SSSR count). The lowest BCUT2D eigenvalue weighted by atomic mass is 9.91. The molecule has 0 saturated heterocycles. The zero-order valence-corrected chi connectivity index (χ0v) is 23.1. The van der Waals surface area contributed by atoms with Crippen LogP contribution in [-0.4, -0.2) is 31.4 Å². The van der Waals surface area contributed by atoms with Gasteiger partial charge in [0.05, 0.1) is 0 Å². The largest absolute Gasteiger partial charge is 0.312 e. The van der Waals surface area contributed by atoms with E-state index in [-0.39, 0.29) is 0 Å². The molecule has 2 aliphatic heterocycles. The third kappa shape index (κ3) is 11.5. The van der Waals surface area contributed by atoms with Crippen LogP contribution in [0.3, 0.4) is 0 Å². The third-order valence-corrected chi connectivity index (χ3v) is 6.64. The van der Waals surface area contributed by atoms with Gasteiger partial charge in [-0.15, -0.1) is 0 Å². The molecule has 2 N–H and O–H groups in total. The second-order valence-corrected chi connectivity index (χ2v) is 9.47. The standard InChI is InChI=1S/C15H22N2.C9H13N.C9H14/c1-2-3-6-9-16-12-15-10-13-7-4-5-8-14(13)11-17-15;1-2-6-9-8(4-1)5-3-7-10-9;1-4-7-9(6-3)8-5-2/h3-8,15-17H,2,9-12H2,1H3;5H,1-4,6-7H2;4-5,7-8H,1,6H2,2-3H3/b6-3+;;8-5-,9-7-. The summed E-state index contributed by atoms with van der Waals surface area (Å²) in [5.74, 6) is 0. The predicted molar refractivity (Wildman–Crippen MR) is 160 cm³/mol. The fourth-order valence-corrected chi connectivity index (χ4v) is 4.66. The van der Waals surface area contributed by atoms with E-state index in [1.165, 1.54) is 54.5 Å². The molecule has 2 heterocycles. The van der Waals surface area contributed by atoms with Crippen molar-refractivity contribution in [3.05, 3.63) is 95.6 Å². The number of benzene rings is 1. The molecule has 0 spiro atoms. The normalized spacial score (nSPS) is 19.2. The molecule has 1 saturated carbocycles. The van der Waals surface area contributed by atoms with Gasteiger partial charge in [-0.25, -0.2) is 0 Å². The van der Waals surface area contributed by atoms with Gasteiger partial charge in [-0.3, -0.25) is 4.99 Å². The second-order valence-electron chi connectivity index (χ2n) is 9.47. The Balaban J connectivity index is 0.000000206. The molecule has 1 aliphatic carbocycles. The molecule has 1 atom stereocenters. The van der Waals surface area contributed by atoms with Gasteiger partial charge >= 0.3 is 0 Å². The Hall–Kier alpha value is -2.49. The van der Waals surface area contributed by atoms with E-state index < -0.39 is 0 Å². The maximum atomic E-state index is 4.50. The van der Waals surface area contributed by atoms with Crippen molar-refractivity contribution < 1.29 is 0 Å². The number of fused-ring (bicyclic) bond motifs is 2. The minimum absolute atomic E-state index is 0.569. The zero-order chi connectivity index (χ0) is 25.8. The zero-order valence-electron chi connectivity index (χ0n) is 23.1. The summed E-state index contributed by atoms with van der Waals surface area (Å²) < 4.78 is 0. The molecular formula is C33H49N3. The highest BCUT2D eigenvalue weighted by molar-refractivity contribution is 6.01. The van der Waals surface area contributed by atoms with Gasteiger partial charge in [0, 0.05) is 37.9 Å². The molecule has 196 valence electrons. The van der Waals surface area contributed by atoms with E-state index in [0.29, 0.717) is 6.04 Å². The summed E-state index contributed by atoms with van der Waals surface area (Å²) >= 11 is 0. The number of hydrogen-bond acceptors (Lipinski definition) is 3. The first-order valence-electron chi connectivity index (χ1n) is 14.0. The van der Waals surface area contributed by atoms with Crippen LogP contribution in [-0.2, 0) is 13.0 Å². The molecular weight excluding hydrogens is 438 g/mol. The van der Waals surface area contributed by atoms with E-state index in [4.69, 9.17) is 0 Å². The summed E-state index contributed by atoms with van der Waals surface area (Å²) in [6, 6.07) is 9.29. The van der Waals surface area contributed by atoms with E-state index >= 15 is 0 Å². The van der Waals surface area contributed by atoms with Crippen LogP contribution in [0.4, 0.5) is 0 Å². The highest BCUT2D eigenvalue weighted by atomic mass is 15.0. The van der Waals surface area contributed by atoms with Crippen molar-refractivity contribution in [3.8, 4) is 0 Å². The highest BCUT2D eigenvalue weighted by Crippen LogP contribution is 2.23. The molecule has 3 heteroatoms. The van der Waals surface area contributed by atoms with Crippen LogP contribution in [0.15, 0.2) is 89.5 Å². The number of nitrogens with zero attached hydrogens (tertiary/aromatic N) is 1. The van der Waals surface area contributed by atoms with Crippen molar-refractivity contribution in [1.82, 2.24) is 10.6 Å². The van der Waals surface area contributed by atoms with Crippen LogP contribution in [0.25, 0.3) is 0 Å². The Morgan fingerprint density at radius 2 is 1.94 bits per heavy atom. The number of aliphatic imine (C=N–C) groups is 1. The second kappa shape index (κ2) is 18.7. The van der Waals surface area contributed by atoms with Crippen LogP contribution in [0.5, 0.6) is 0 Å². The van der Waals surface area contributed by atoms with Gasteiger partial charge in [-0.2, -0.15) is 0 Å². The first-order chi connectivity index (χ1) is 17.7. The molecule has 1 fully saturated rings. The van der Waals surface area contributed by atoms with Crippen molar-refractivity contribution in [2.75, 3.05) is 19.6 Å². The van der Waals surface area contributed by atoms with Crippen molar-refractivity contribution in [2.45, 2.75) is 84.7 Å². The Bertz CT molecular complexity index is 895. The van der Waals surface area contributed by atoms with E-state index in [1.807, 2.05) is 25.2 Å². The summed E-state index contributed by atoms with van der Waals surface area (Å²) in [5, 5.41) is 7.05. The van der Waals surface area contributed by atoms with Gasteiger partial charge < -0.3 is 10.6 Å². The molecule has 1 aromatic carbocycles. The van der Waals surface area contributed by atoms with E-state index in [2.05, 4.69) is 84.6 Å². The SMILES string of the molecule is C1=C2CCCCC2=NCC1.C=C/C=C(\C=C/C)CC.CC/C=C/CNCC1Cc2ccccc2CN1. The van der Waals surface area contributed by atoms with Crippen LogP contribution >= 0.6 is 0 Å². The van der Waals surface area contributed by atoms with Crippen molar-refractivity contribution in [3.63, 3.8) is 0 Å². The number of dihydropyridines is 1. The first-order valence-corrected chi connectivity index (χ1v) is 14.0. The quantitative estimate of drug-likeness (QED) is 0.224. The van der Waals surface area contributed by atoms with E-state index in [9.17, 15) is 0 Å². The summed E-state index contributed by atoms with van der Waals surface area (Å²) in [5.41, 5.74) is 7.25. The van der Waals surface area contributed by atoms with Crippen LogP contribution in [0, 0.1) is 0 Å². The Morgan fingerprint density at radius 3 is 2.67 bits per heavy atom. The maximum Gasteiger partial charge on any atom is 0.0427 e. The lowest BCUT2D eigenvalue weighted by molar-refractivity contribution is 0.456. The molecule has 0 amide bonds. The number of rotatable bonds is 8. The minimum atomic E-state index is 0.569. The highest BCUT2D eigenvalue weighted by Gasteiger charge is 2.16. The predicted octanol–water partition coefficient (Wildman–Crippen LogP) is 7.67. The molecule has 0 radical (unpaired) electrons. The summed E-state index contributed by atoms with van der Waals surface area (Å²) in [6.07, 6.45) is 24.6. The van der Waals surface area contributed by atoms with Gasteiger partial charge in [0.1, 0.15) is 0 Å². The van der Waals surface area contributed by atoms with E-state index in [1.54, 1.807) is 5.57 Å². The van der Waals surface area contributed by atoms with Gasteiger partial charge in [-0.05, 0) is 80.6 Å². The molecule has 1 aromatic rings. The molecule has 0 aromatic heterocycles. The summed E-state index contributed by atoms with van der Waals surface area (Å²) in [7, 11) is 0. The van der Waals surface area contributed by atoms with Crippen molar-refractivity contribution >= 4 is 5.71 Å². The average molecular weight is 488 g/mol. The maximum absolute atomic E-state index is 4.50. The molecule has 1 unspecified atom stereocenters. The number of allylic oxidation sites excluding steroid dienone is 7. The van der Waals surface area contributed by atoms with Gasteiger partial charge in [0.15, 0.2) is 0 Å². The monoisotopic (exact) mass is 487 g/mol.